The Kier molecular flexibility index (Phi) is 5.76. The molecule has 0 bridgehead atoms. The maximum absolute atomic E-state index is 12.2. The van der Waals surface area contributed by atoms with Crippen molar-refractivity contribution < 1.29 is 14.3 Å². The molecule has 116 valence electrons. The Hall–Kier alpha value is -2.04. The number of carbonyl (C=O) groups excluding carboxylic acids is 2. The minimum atomic E-state index is -0.641. The number of nitrogens with one attached hydrogen (secondary N) is 1. The first-order valence-corrected chi connectivity index (χ1v) is 6.93. The zero-order chi connectivity index (χ0) is 16.0. The van der Waals surface area contributed by atoms with E-state index in [1.807, 2.05) is 30.3 Å². The molecule has 1 rings (SSSR count). The van der Waals surface area contributed by atoms with E-state index in [0.717, 1.165) is 5.56 Å². The number of hydrogen-bond donors (Lipinski definition) is 1. The number of amides is 2. The minimum Gasteiger partial charge on any atom is -0.444 e. The summed E-state index contributed by atoms with van der Waals surface area (Å²) in [5, 5.41) is 2.65. The topological polar surface area (TPSA) is 58.6 Å². The van der Waals surface area contributed by atoms with E-state index in [0.29, 0.717) is 6.42 Å². The van der Waals surface area contributed by atoms with Crippen LogP contribution in [0.15, 0.2) is 30.3 Å². The van der Waals surface area contributed by atoms with Gasteiger partial charge in [0.2, 0.25) is 5.91 Å². The Labute approximate surface area is 126 Å². The van der Waals surface area contributed by atoms with Crippen LogP contribution in [-0.2, 0) is 16.0 Å². The monoisotopic (exact) mass is 292 g/mol. The second-order valence-corrected chi connectivity index (χ2v) is 6.12. The maximum Gasteiger partial charge on any atom is 0.408 e. The highest BCUT2D eigenvalue weighted by Gasteiger charge is 2.25. The third-order valence-corrected chi connectivity index (χ3v) is 2.71. The third kappa shape index (κ3) is 6.29. The van der Waals surface area contributed by atoms with Crippen LogP contribution in [0, 0.1) is 0 Å². The fourth-order valence-corrected chi connectivity index (χ4v) is 1.81. The van der Waals surface area contributed by atoms with Crippen LogP contribution in [0.25, 0.3) is 0 Å². The maximum atomic E-state index is 12.2. The zero-order valence-electron chi connectivity index (χ0n) is 13.3. The molecule has 1 aromatic rings. The number of likely N-dealkylation sites (N-methyl/N-ethyl adjacent to an activating group) is 1. The van der Waals surface area contributed by atoms with Gasteiger partial charge in [-0.3, -0.25) is 4.79 Å². The molecule has 0 aliphatic rings. The fraction of sp³-hybridized carbons (Fsp3) is 0.500. The van der Waals surface area contributed by atoms with Crippen LogP contribution in [-0.4, -0.2) is 42.6 Å². The van der Waals surface area contributed by atoms with Gasteiger partial charge in [0.15, 0.2) is 0 Å². The average Bonchev–Trinajstić information content (AvgIpc) is 2.36. The Morgan fingerprint density at radius 3 is 2.24 bits per heavy atom. The van der Waals surface area contributed by atoms with E-state index in [2.05, 4.69) is 5.32 Å². The summed E-state index contributed by atoms with van der Waals surface area (Å²) < 4.78 is 5.22. The number of hydrogen-bond acceptors (Lipinski definition) is 3. The van der Waals surface area contributed by atoms with Gasteiger partial charge in [0.25, 0.3) is 0 Å². The molecule has 5 nitrogen and oxygen atoms in total. The second-order valence-electron chi connectivity index (χ2n) is 6.12. The van der Waals surface area contributed by atoms with Gasteiger partial charge in [-0.1, -0.05) is 30.3 Å². The smallest absolute Gasteiger partial charge is 0.408 e. The molecule has 0 aromatic heterocycles. The van der Waals surface area contributed by atoms with E-state index >= 15 is 0 Å². The average molecular weight is 292 g/mol. The normalized spacial score (nSPS) is 12.4. The molecule has 1 aromatic carbocycles. The fourth-order valence-electron chi connectivity index (χ4n) is 1.81. The molecule has 1 N–H and O–H groups in total. The number of benzene rings is 1. The quantitative estimate of drug-likeness (QED) is 0.925. The van der Waals surface area contributed by atoms with Gasteiger partial charge < -0.3 is 15.0 Å². The Morgan fingerprint density at radius 2 is 1.76 bits per heavy atom. The van der Waals surface area contributed by atoms with Gasteiger partial charge in [-0.25, -0.2) is 4.79 Å². The summed E-state index contributed by atoms with van der Waals surface area (Å²) in [5.74, 6) is -0.162. The molecule has 0 heterocycles. The van der Waals surface area contributed by atoms with Crippen molar-refractivity contribution in [1.29, 1.82) is 0 Å². The molecule has 0 aliphatic heterocycles. The summed E-state index contributed by atoms with van der Waals surface area (Å²) in [6.07, 6.45) is -0.157. The largest absolute Gasteiger partial charge is 0.444 e. The molecular weight excluding hydrogens is 268 g/mol. The SMILES string of the molecule is CN(C)C(=O)[C@H](Cc1ccccc1)NC(=O)OC(C)(C)C. The van der Waals surface area contributed by atoms with Crippen molar-refractivity contribution in [3.8, 4) is 0 Å². The van der Waals surface area contributed by atoms with Gasteiger partial charge in [-0.2, -0.15) is 0 Å². The Bertz CT molecular complexity index is 478. The summed E-state index contributed by atoms with van der Waals surface area (Å²) >= 11 is 0. The second kappa shape index (κ2) is 7.11. The van der Waals surface area contributed by atoms with Crippen molar-refractivity contribution in [3.05, 3.63) is 35.9 Å². The van der Waals surface area contributed by atoms with Crippen LogP contribution in [0.5, 0.6) is 0 Å². The number of alkyl carbamates (subject to hydrolysis) is 1. The van der Waals surface area contributed by atoms with Crippen molar-refractivity contribution >= 4 is 12.0 Å². The molecule has 2 amide bonds. The summed E-state index contributed by atoms with van der Waals surface area (Å²) in [4.78, 5) is 25.5. The standard InChI is InChI=1S/C16H24N2O3/c1-16(2,3)21-15(20)17-13(14(19)18(4)5)11-12-9-7-6-8-10-12/h6-10,13H,11H2,1-5H3,(H,17,20)/t13-/m0/s1. The van der Waals surface area contributed by atoms with Crippen molar-refractivity contribution in [1.82, 2.24) is 10.2 Å². The highest BCUT2D eigenvalue weighted by molar-refractivity contribution is 5.85. The lowest BCUT2D eigenvalue weighted by molar-refractivity contribution is -0.130. The van der Waals surface area contributed by atoms with E-state index in [-0.39, 0.29) is 5.91 Å². The number of ether oxygens (including phenoxy) is 1. The van der Waals surface area contributed by atoms with Gasteiger partial charge in [0, 0.05) is 20.5 Å². The molecule has 1 atom stereocenters. The molecular formula is C16H24N2O3. The van der Waals surface area contributed by atoms with E-state index < -0.39 is 17.7 Å². The lowest BCUT2D eigenvalue weighted by atomic mass is 10.1. The van der Waals surface area contributed by atoms with E-state index in [4.69, 9.17) is 4.74 Å². The summed E-state index contributed by atoms with van der Waals surface area (Å²) in [6.45, 7) is 5.35. The number of carbonyl (C=O) groups is 2. The van der Waals surface area contributed by atoms with E-state index in [9.17, 15) is 9.59 Å². The molecule has 5 heteroatoms. The summed E-state index contributed by atoms with van der Waals surface area (Å²) in [7, 11) is 3.33. The van der Waals surface area contributed by atoms with E-state index in [1.54, 1.807) is 34.9 Å². The molecule has 0 unspecified atom stereocenters. The number of rotatable bonds is 4. The van der Waals surface area contributed by atoms with Crippen molar-refractivity contribution in [2.24, 2.45) is 0 Å². The summed E-state index contributed by atoms with van der Waals surface area (Å²) in [6, 6.07) is 8.92. The van der Waals surface area contributed by atoms with Crippen LogP contribution < -0.4 is 5.32 Å². The van der Waals surface area contributed by atoms with Crippen LogP contribution in [0.4, 0.5) is 4.79 Å². The molecule has 21 heavy (non-hydrogen) atoms. The van der Waals surface area contributed by atoms with Crippen LogP contribution in [0.3, 0.4) is 0 Å². The van der Waals surface area contributed by atoms with Gasteiger partial charge in [0.1, 0.15) is 11.6 Å². The van der Waals surface area contributed by atoms with Gasteiger partial charge in [-0.15, -0.1) is 0 Å². The van der Waals surface area contributed by atoms with Crippen molar-refractivity contribution in [2.45, 2.75) is 38.8 Å². The zero-order valence-corrected chi connectivity index (χ0v) is 13.3. The molecule has 0 aliphatic carbocycles. The third-order valence-electron chi connectivity index (χ3n) is 2.71. The van der Waals surface area contributed by atoms with Gasteiger partial charge >= 0.3 is 6.09 Å². The van der Waals surface area contributed by atoms with Crippen LogP contribution in [0.1, 0.15) is 26.3 Å². The van der Waals surface area contributed by atoms with Crippen molar-refractivity contribution in [3.63, 3.8) is 0 Å². The molecule has 0 radical (unpaired) electrons. The molecule has 0 spiro atoms. The molecule has 0 saturated heterocycles. The lowest BCUT2D eigenvalue weighted by Gasteiger charge is -2.25. The van der Waals surface area contributed by atoms with Crippen molar-refractivity contribution in [2.75, 3.05) is 14.1 Å². The minimum absolute atomic E-state index is 0.162. The first-order valence-electron chi connectivity index (χ1n) is 6.93. The first-order chi connectivity index (χ1) is 9.69. The predicted octanol–water partition coefficient (Wildman–Crippen LogP) is 2.21. The predicted molar refractivity (Wildman–Crippen MR) is 82.0 cm³/mol. The Morgan fingerprint density at radius 1 is 1.19 bits per heavy atom. The Balaban J connectivity index is 2.78. The van der Waals surface area contributed by atoms with E-state index in [1.165, 1.54) is 4.90 Å². The highest BCUT2D eigenvalue weighted by atomic mass is 16.6. The van der Waals surface area contributed by atoms with Gasteiger partial charge in [-0.05, 0) is 26.3 Å². The highest BCUT2D eigenvalue weighted by Crippen LogP contribution is 2.09. The summed E-state index contributed by atoms with van der Waals surface area (Å²) in [5.41, 5.74) is 0.386. The van der Waals surface area contributed by atoms with Crippen LogP contribution in [0.2, 0.25) is 0 Å². The lowest BCUT2D eigenvalue weighted by Crippen LogP contribution is -2.48. The molecule has 0 saturated carbocycles. The van der Waals surface area contributed by atoms with Crippen LogP contribution >= 0.6 is 0 Å². The van der Waals surface area contributed by atoms with Gasteiger partial charge in [0.05, 0.1) is 0 Å². The molecule has 0 fully saturated rings. The first kappa shape index (κ1) is 17.0. The number of nitrogens with zero attached hydrogens (tertiary/aromatic N) is 1.